The molecule has 0 bridgehead atoms. The third-order valence-electron chi connectivity index (χ3n) is 3.19. The molecule has 1 N–H and O–H groups in total. The van der Waals surface area contributed by atoms with Gasteiger partial charge in [-0.1, -0.05) is 6.92 Å². The molecule has 1 saturated carbocycles. The molecule has 2 rings (SSSR count). The molecule has 112 valence electrons. The lowest BCUT2D eigenvalue weighted by atomic mass is 10.3. The van der Waals surface area contributed by atoms with E-state index in [4.69, 9.17) is 9.84 Å². The zero-order chi connectivity index (χ0) is 14.6. The van der Waals surface area contributed by atoms with Gasteiger partial charge in [0.25, 0.3) is 0 Å². The number of nitrogens with zero attached hydrogens (tertiary/aromatic N) is 1. The summed E-state index contributed by atoms with van der Waals surface area (Å²) in [6.07, 6.45) is 2.72. The molecule has 0 spiro atoms. The summed E-state index contributed by atoms with van der Waals surface area (Å²) in [7, 11) is -3.41. The Morgan fingerprint density at radius 3 is 2.45 bits per heavy atom. The van der Waals surface area contributed by atoms with Gasteiger partial charge in [-0.2, -0.15) is 4.31 Å². The standard InChI is InChI=1S/C14H21NO4S/c1-2-9-15(12-3-4-12)20(17,18)14-7-5-13(6-8-14)19-11-10-16/h5-8,12,16H,2-4,9-11H2,1H3. The van der Waals surface area contributed by atoms with E-state index in [1.807, 2.05) is 6.92 Å². The highest BCUT2D eigenvalue weighted by Crippen LogP contribution is 2.32. The van der Waals surface area contributed by atoms with Gasteiger partial charge in [-0.3, -0.25) is 0 Å². The first kappa shape index (κ1) is 15.3. The summed E-state index contributed by atoms with van der Waals surface area (Å²) >= 11 is 0. The minimum atomic E-state index is -3.41. The highest BCUT2D eigenvalue weighted by molar-refractivity contribution is 7.89. The molecule has 0 saturated heterocycles. The highest BCUT2D eigenvalue weighted by Gasteiger charge is 2.37. The molecule has 0 amide bonds. The number of sulfonamides is 1. The summed E-state index contributed by atoms with van der Waals surface area (Å²) in [4.78, 5) is 0.300. The van der Waals surface area contributed by atoms with Gasteiger partial charge in [0.05, 0.1) is 11.5 Å². The van der Waals surface area contributed by atoms with Crippen LogP contribution in [0.3, 0.4) is 0 Å². The molecule has 20 heavy (non-hydrogen) atoms. The minimum absolute atomic E-state index is 0.0635. The molecule has 6 heteroatoms. The SMILES string of the molecule is CCCN(C1CC1)S(=O)(=O)c1ccc(OCCO)cc1. The van der Waals surface area contributed by atoms with Crippen molar-refractivity contribution in [3.05, 3.63) is 24.3 Å². The number of ether oxygens (including phenoxy) is 1. The first-order chi connectivity index (χ1) is 9.59. The molecule has 0 aromatic heterocycles. The largest absolute Gasteiger partial charge is 0.491 e. The number of aliphatic hydroxyl groups excluding tert-OH is 1. The Labute approximate surface area is 120 Å². The Morgan fingerprint density at radius 1 is 1.30 bits per heavy atom. The van der Waals surface area contributed by atoms with Crippen LogP contribution in [0.5, 0.6) is 5.75 Å². The van der Waals surface area contributed by atoms with Crippen molar-refractivity contribution in [3.8, 4) is 5.75 Å². The molecule has 1 aromatic rings. The van der Waals surface area contributed by atoms with E-state index in [2.05, 4.69) is 0 Å². The van der Waals surface area contributed by atoms with Gasteiger partial charge in [0, 0.05) is 12.6 Å². The monoisotopic (exact) mass is 299 g/mol. The van der Waals surface area contributed by atoms with Gasteiger partial charge in [0.2, 0.25) is 10.0 Å². The molecular formula is C14H21NO4S. The van der Waals surface area contributed by atoms with Crippen molar-refractivity contribution in [2.75, 3.05) is 19.8 Å². The van der Waals surface area contributed by atoms with Crippen LogP contribution < -0.4 is 4.74 Å². The van der Waals surface area contributed by atoms with Gasteiger partial charge in [-0.05, 0) is 43.5 Å². The quantitative estimate of drug-likeness (QED) is 0.792. The van der Waals surface area contributed by atoms with E-state index in [0.717, 1.165) is 19.3 Å². The van der Waals surface area contributed by atoms with Crippen molar-refractivity contribution in [3.63, 3.8) is 0 Å². The fraction of sp³-hybridized carbons (Fsp3) is 0.571. The number of benzene rings is 1. The summed E-state index contributed by atoms with van der Waals surface area (Å²) < 4.78 is 32.0. The average molecular weight is 299 g/mol. The number of hydrogen-bond acceptors (Lipinski definition) is 4. The normalized spacial score (nSPS) is 15.6. The second kappa shape index (κ2) is 6.56. The first-order valence-corrected chi connectivity index (χ1v) is 8.39. The van der Waals surface area contributed by atoms with Gasteiger partial charge in [-0.25, -0.2) is 8.42 Å². The highest BCUT2D eigenvalue weighted by atomic mass is 32.2. The maximum Gasteiger partial charge on any atom is 0.243 e. The third-order valence-corrected chi connectivity index (χ3v) is 5.15. The molecule has 1 aliphatic rings. The van der Waals surface area contributed by atoms with Crippen molar-refractivity contribution in [2.24, 2.45) is 0 Å². The smallest absolute Gasteiger partial charge is 0.243 e. The average Bonchev–Trinajstić information content (AvgIpc) is 3.27. The molecule has 0 unspecified atom stereocenters. The maximum absolute atomic E-state index is 12.6. The fourth-order valence-corrected chi connectivity index (χ4v) is 3.87. The van der Waals surface area contributed by atoms with Gasteiger partial charge < -0.3 is 9.84 Å². The molecule has 0 heterocycles. The van der Waals surface area contributed by atoms with Crippen LogP contribution in [-0.4, -0.2) is 43.6 Å². The Morgan fingerprint density at radius 2 is 1.95 bits per heavy atom. The Hall–Kier alpha value is -1.11. The fourth-order valence-electron chi connectivity index (χ4n) is 2.09. The second-order valence-electron chi connectivity index (χ2n) is 4.89. The zero-order valence-corrected chi connectivity index (χ0v) is 12.5. The van der Waals surface area contributed by atoms with Crippen LogP contribution >= 0.6 is 0 Å². The molecule has 1 fully saturated rings. The summed E-state index contributed by atoms with van der Waals surface area (Å²) in [6.45, 7) is 2.69. The zero-order valence-electron chi connectivity index (χ0n) is 11.7. The third kappa shape index (κ3) is 3.50. The van der Waals surface area contributed by atoms with Crippen LogP contribution in [0.2, 0.25) is 0 Å². The maximum atomic E-state index is 12.6. The van der Waals surface area contributed by atoms with E-state index in [9.17, 15) is 8.42 Å². The summed E-state index contributed by atoms with van der Waals surface area (Å²) in [5.74, 6) is 0.562. The van der Waals surface area contributed by atoms with E-state index < -0.39 is 10.0 Å². The predicted octanol–water partition coefficient (Wildman–Crippen LogP) is 1.62. The van der Waals surface area contributed by atoms with Crippen LogP contribution in [0.4, 0.5) is 0 Å². The van der Waals surface area contributed by atoms with Crippen molar-refractivity contribution in [2.45, 2.75) is 37.1 Å². The Bertz CT molecular complexity index is 523. The number of hydrogen-bond donors (Lipinski definition) is 1. The lowest BCUT2D eigenvalue weighted by Gasteiger charge is -2.21. The van der Waals surface area contributed by atoms with E-state index >= 15 is 0 Å². The van der Waals surface area contributed by atoms with Gasteiger partial charge >= 0.3 is 0 Å². The lowest BCUT2D eigenvalue weighted by Crippen LogP contribution is -2.33. The van der Waals surface area contributed by atoms with Gasteiger partial charge in [-0.15, -0.1) is 0 Å². The van der Waals surface area contributed by atoms with E-state index in [1.165, 1.54) is 0 Å². The van der Waals surface area contributed by atoms with Gasteiger partial charge in [0.1, 0.15) is 12.4 Å². The van der Waals surface area contributed by atoms with Crippen molar-refractivity contribution in [1.29, 1.82) is 0 Å². The molecule has 0 atom stereocenters. The van der Waals surface area contributed by atoms with Crippen LogP contribution in [0, 0.1) is 0 Å². The predicted molar refractivity (Wildman–Crippen MR) is 76.2 cm³/mol. The second-order valence-corrected chi connectivity index (χ2v) is 6.78. The molecule has 5 nitrogen and oxygen atoms in total. The molecule has 1 aromatic carbocycles. The molecule has 0 radical (unpaired) electrons. The van der Waals surface area contributed by atoms with Crippen molar-refractivity contribution < 1.29 is 18.3 Å². The summed E-state index contributed by atoms with van der Waals surface area (Å²) in [5.41, 5.74) is 0. The van der Waals surface area contributed by atoms with Gasteiger partial charge in [0.15, 0.2) is 0 Å². The Kier molecular flexibility index (Phi) is 5.01. The molecular weight excluding hydrogens is 278 g/mol. The lowest BCUT2D eigenvalue weighted by molar-refractivity contribution is 0.201. The first-order valence-electron chi connectivity index (χ1n) is 6.95. The Balaban J connectivity index is 2.15. The number of aliphatic hydroxyl groups is 1. The van der Waals surface area contributed by atoms with Crippen molar-refractivity contribution in [1.82, 2.24) is 4.31 Å². The summed E-state index contributed by atoms with van der Waals surface area (Å²) in [6, 6.07) is 6.55. The van der Waals surface area contributed by atoms with E-state index in [0.29, 0.717) is 17.2 Å². The van der Waals surface area contributed by atoms with E-state index in [-0.39, 0.29) is 19.3 Å². The van der Waals surface area contributed by atoms with Crippen LogP contribution in [0.15, 0.2) is 29.2 Å². The van der Waals surface area contributed by atoms with Crippen LogP contribution in [0.25, 0.3) is 0 Å². The van der Waals surface area contributed by atoms with E-state index in [1.54, 1.807) is 28.6 Å². The topological polar surface area (TPSA) is 66.8 Å². The molecule has 1 aliphatic carbocycles. The van der Waals surface area contributed by atoms with Crippen LogP contribution in [-0.2, 0) is 10.0 Å². The van der Waals surface area contributed by atoms with Crippen molar-refractivity contribution >= 4 is 10.0 Å². The molecule has 0 aliphatic heterocycles. The number of rotatable bonds is 8. The minimum Gasteiger partial charge on any atom is -0.491 e. The van der Waals surface area contributed by atoms with Crippen LogP contribution in [0.1, 0.15) is 26.2 Å². The summed E-state index contributed by atoms with van der Waals surface area (Å²) in [5, 5.41) is 8.68.